The number of aromatic amines is 1. The zero-order valence-electron chi connectivity index (χ0n) is 18.8. The van der Waals surface area contributed by atoms with E-state index in [1.165, 1.54) is 0 Å². The van der Waals surface area contributed by atoms with Gasteiger partial charge in [-0.15, -0.1) is 0 Å². The first-order chi connectivity index (χ1) is 17.0. The van der Waals surface area contributed by atoms with E-state index in [9.17, 15) is 9.59 Å². The van der Waals surface area contributed by atoms with Gasteiger partial charge in [0, 0.05) is 28.9 Å². The van der Waals surface area contributed by atoms with Crippen molar-refractivity contribution in [2.75, 3.05) is 19.2 Å². The summed E-state index contributed by atoms with van der Waals surface area (Å²) in [7, 11) is 1.57. The van der Waals surface area contributed by atoms with Gasteiger partial charge in [-0.2, -0.15) is 0 Å². The summed E-state index contributed by atoms with van der Waals surface area (Å²) in [5, 5.41) is 4.28. The second kappa shape index (κ2) is 9.60. The molecule has 0 bridgehead atoms. The SMILES string of the molecule is COc1ccc2cc(CN(Cc3ccc4c(c3)OCO4)C(=O)Nc3ccc(Cl)cc3)c(=O)[nH]c2c1. The van der Waals surface area contributed by atoms with Crippen LogP contribution in [0.15, 0.2) is 71.5 Å². The number of carbonyl (C=O) groups is 1. The smallest absolute Gasteiger partial charge is 0.322 e. The van der Waals surface area contributed by atoms with Gasteiger partial charge in [-0.1, -0.05) is 17.7 Å². The van der Waals surface area contributed by atoms with Crippen LogP contribution < -0.4 is 25.1 Å². The molecule has 0 spiro atoms. The Labute approximate surface area is 206 Å². The van der Waals surface area contributed by atoms with E-state index in [1.807, 2.05) is 30.3 Å². The molecule has 35 heavy (non-hydrogen) atoms. The van der Waals surface area contributed by atoms with Crippen LogP contribution in [0.1, 0.15) is 11.1 Å². The third kappa shape index (κ3) is 5.02. The van der Waals surface area contributed by atoms with Crippen LogP contribution in [0.4, 0.5) is 10.5 Å². The second-order valence-corrected chi connectivity index (χ2v) is 8.49. The van der Waals surface area contributed by atoms with Crippen LogP contribution in [-0.4, -0.2) is 29.8 Å². The number of ether oxygens (including phenoxy) is 3. The molecular formula is C26H22ClN3O5. The van der Waals surface area contributed by atoms with Crippen molar-refractivity contribution in [2.45, 2.75) is 13.1 Å². The molecule has 0 unspecified atom stereocenters. The van der Waals surface area contributed by atoms with Gasteiger partial charge in [0.1, 0.15) is 5.75 Å². The van der Waals surface area contributed by atoms with E-state index in [-0.39, 0.29) is 31.5 Å². The summed E-state index contributed by atoms with van der Waals surface area (Å²) in [6, 6.07) is 19.2. The van der Waals surface area contributed by atoms with E-state index in [4.69, 9.17) is 25.8 Å². The fourth-order valence-corrected chi connectivity index (χ4v) is 4.00. The average Bonchev–Trinajstić information content (AvgIpc) is 3.33. The molecule has 5 rings (SSSR count). The number of hydrogen-bond donors (Lipinski definition) is 2. The maximum absolute atomic E-state index is 13.3. The van der Waals surface area contributed by atoms with Gasteiger partial charge in [-0.3, -0.25) is 4.79 Å². The molecule has 0 fully saturated rings. The van der Waals surface area contributed by atoms with Crippen LogP contribution in [0.5, 0.6) is 17.2 Å². The molecule has 1 aromatic heterocycles. The van der Waals surface area contributed by atoms with Crippen molar-refractivity contribution >= 4 is 34.2 Å². The first kappa shape index (κ1) is 22.6. The lowest BCUT2D eigenvalue weighted by Crippen LogP contribution is -2.35. The first-order valence-electron chi connectivity index (χ1n) is 10.9. The molecule has 178 valence electrons. The van der Waals surface area contributed by atoms with Crippen molar-refractivity contribution in [3.8, 4) is 17.2 Å². The highest BCUT2D eigenvalue weighted by Gasteiger charge is 2.20. The Morgan fingerprint density at radius 1 is 1.03 bits per heavy atom. The zero-order chi connectivity index (χ0) is 24.4. The standard InChI is InChI=1S/C26H22ClN3O5/c1-33-21-8-3-17-11-18(25(31)29-22(17)12-21)14-30(26(32)28-20-6-4-19(27)5-7-20)13-16-2-9-23-24(10-16)35-15-34-23/h2-12H,13-15H2,1H3,(H,28,32)(H,29,31). The summed E-state index contributed by atoms with van der Waals surface area (Å²) in [6.45, 7) is 0.498. The number of nitrogens with one attached hydrogen (secondary N) is 2. The fraction of sp³-hybridized carbons (Fsp3) is 0.154. The number of benzene rings is 3. The summed E-state index contributed by atoms with van der Waals surface area (Å²) in [6.07, 6.45) is 0. The Hall–Kier alpha value is -4.17. The van der Waals surface area contributed by atoms with Crippen molar-refractivity contribution in [1.82, 2.24) is 9.88 Å². The Balaban J connectivity index is 1.45. The molecular weight excluding hydrogens is 470 g/mol. The van der Waals surface area contributed by atoms with Gasteiger partial charge in [-0.25, -0.2) is 4.79 Å². The summed E-state index contributed by atoms with van der Waals surface area (Å²) in [5.74, 6) is 1.93. The maximum atomic E-state index is 13.3. The molecule has 2 N–H and O–H groups in total. The van der Waals surface area contributed by atoms with Gasteiger partial charge in [0.25, 0.3) is 5.56 Å². The maximum Gasteiger partial charge on any atom is 0.322 e. The molecule has 1 aliphatic heterocycles. The summed E-state index contributed by atoms with van der Waals surface area (Å²) in [5.41, 5.74) is 2.26. The molecule has 9 heteroatoms. The monoisotopic (exact) mass is 491 g/mol. The van der Waals surface area contributed by atoms with Gasteiger partial charge in [0.2, 0.25) is 6.79 Å². The highest BCUT2D eigenvalue weighted by atomic mass is 35.5. The number of nitrogens with zero attached hydrogens (tertiary/aromatic N) is 1. The Kier molecular flexibility index (Phi) is 6.20. The number of pyridine rings is 1. The van der Waals surface area contributed by atoms with E-state index >= 15 is 0 Å². The largest absolute Gasteiger partial charge is 0.497 e. The Morgan fingerprint density at radius 3 is 2.63 bits per heavy atom. The molecule has 2 heterocycles. The number of H-pyrrole nitrogens is 1. The Morgan fingerprint density at radius 2 is 1.83 bits per heavy atom. The van der Waals surface area contributed by atoms with Crippen LogP contribution in [0.25, 0.3) is 10.9 Å². The minimum Gasteiger partial charge on any atom is -0.497 e. The minimum atomic E-state index is -0.362. The van der Waals surface area contributed by atoms with E-state index in [2.05, 4.69) is 10.3 Å². The summed E-state index contributed by atoms with van der Waals surface area (Å²) in [4.78, 5) is 30.6. The van der Waals surface area contributed by atoms with E-state index in [0.717, 1.165) is 10.9 Å². The van der Waals surface area contributed by atoms with Crippen molar-refractivity contribution in [1.29, 1.82) is 0 Å². The highest BCUT2D eigenvalue weighted by Crippen LogP contribution is 2.33. The predicted octanol–water partition coefficient (Wildman–Crippen LogP) is 5.15. The normalized spacial score (nSPS) is 11.9. The van der Waals surface area contributed by atoms with Crippen LogP contribution in [-0.2, 0) is 13.1 Å². The molecule has 4 aromatic rings. The number of halogens is 1. The van der Waals surface area contributed by atoms with Gasteiger partial charge in [0.05, 0.1) is 19.2 Å². The molecule has 1 aliphatic rings. The molecule has 3 aromatic carbocycles. The molecule has 0 radical (unpaired) electrons. The fourth-order valence-electron chi connectivity index (χ4n) is 3.87. The predicted molar refractivity (Wildman–Crippen MR) is 133 cm³/mol. The summed E-state index contributed by atoms with van der Waals surface area (Å²) < 4.78 is 16.1. The summed E-state index contributed by atoms with van der Waals surface area (Å²) >= 11 is 5.96. The van der Waals surface area contributed by atoms with E-state index < -0.39 is 0 Å². The quantitative estimate of drug-likeness (QED) is 0.389. The van der Waals surface area contributed by atoms with E-state index in [0.29, 0.717) is 39.0 Å². The molecule has 0 atom stereocenters. The van der Waals surface area contributed by atoms with Crippen LogP contribution >= 0.6 is 11.6 Å². The number of hydrogen-bond acceptors (Lipinski definition) is 5. The molecule has 8 nitrogen and oxygen atoms in total. The Bertz CT molecular complexity index is 1450. The number of methoxy groups -OCH3 is 1. The second-order valence-electron chi connectivity index (χ2n) is 8.06. The van der Waals surface area contributed by atoms with Gasteiger partial charge in [0.15, 0.2) is 11.5 Å². The van der Waals surface area contributed by atoms with Crippen molar-refractivity contribution < 1.29 is 19.0 Å². The molecule has 0 saturated heterocycles. The number of anilines is 1. The first-order valence-corrected chi connectivity index (χ1v) is 11.3. The topological polar surface area (TPSA) is 92.9 Å². The lowest BCUT2D eigenvalue weighted by atomic mass is 10.1. The number of urea groups is 1. The minimum absolute atomic E-state index is 0.0885. The van der Waals surface area contributed by atoms with Gasteiger partial charge in [-0.05, 0) is 65.5 Å². The van der Waals surface area contributed by atoms with Crippen molar-refractivity contribution in [3.63, 3.8) is 0 Å². The number of fused-ring (bicyclic) bond motifs is 2. The number of amides is 2. The number of carbonyl (C=O) groups excluding carboxylic acids is 1. The van der Waals surface area contributed by atoms with Crippen molar-refractivity contribution in [2.24, 2.45) is 0 Å². The van der Waals surface area contributed by atoms with Crippen LogP contribution in [0.2, 0.25) is 5.02 Å². The highest BCUT2D eigenvalue weighted by molar-refractivity contribution is 6.30. The average molecular weight is 492 g/mol. The number of aromatic nitrogens is 1. The lowest BCUT2D eigenvalue weighted by molar-refractivity contribution is 0.174. The third-order valence-corrected chi connectivity index (χ3v) is 5.94. The van der Waals surface area contributed by atoms with E-state index in [1.54, 1.807) is 48.4 Å². The van der Waals surface area contributed by atoms with Crippen LogP contribution in [0, 0.1) is 0 Å². The van der Waals surface area contributed by atoms with Crippen molar-refractivity contribution in [3.05, 3.63) is 93.2 Å². The van der Waals surface area contributed by atoms with Crippen LogP contribution in [0.3, 0.4) is 0 Å². The molecule has 0 aliphatic carbocycles. The third-order valence-electron chi connectivity index (χ3n) is 5.68. The molecule has 0 saturated carbocycles. The number of rotatable bonds is 6. The van der Waals surface area contributed by atoms with Gasteiger partial charge >= 0.3 is 6.03 Å². The van der Waals surface area contributed by atoms with Gasteiger partial charge < -0.3 is 29.4 Å². The lowest BCUT2D eigenvalue weighted by Gasteiger charge is -2.23. The zero-order valence-corrected chi connectivity index (χ0v) is 19.6. The molecule has 2 amide bonds.